The van der Waals surface area contributed by atoms with Gasteiger partial charge >= 0.3 is 5.97 Å². The lowest BCUT2D eigenvalue weighted by molar-refractivity contribution is -0.136. The Kier molecular flexibility index (Phi) is 3.35. The van der Waals surface area contributed by atoms with Gasteiger partial charge in [0.15, 0.2) is 0 Å². The molecule has 2 aromatic heterocycles. The van der Waals surface area contributed by atoms with Gasteiger partial charge < -0.3 is 5.11 Å². The molecule has 86 valence electrons. The summed E-state index contributed by atoms with van der Waals surface area (Å²) in [6, 6.07) is 5.21. The highest BCUT2D eigenvalue weighted by Crippen LogP contribution is 2.28. The van der Waals surface area contributed by atoms with Crippen molar-refractivity contribution in [2.75, 3.05) is 0 Å². The van der Waals surface area contributed by atoms with Gasteiger partial charge in [0, 0.05) is 24.2 Å². The van der Waals surface area contributed by atoms with E-state index in [1.165, 1.54) is 0 Å². The van der Waals surface area contributed by atoms with Crippen molar-refractivity contribution in [1.82, 2.24) is 9.97 Å². The fourth-order valence-electron chi connectivity index (χ4n) is 1.49. The standard InChI is InChI=1S/C12H9ClN2O2/c13-11-8(6-10(16)17)3-5-15-12(11)9-2-1-4-14-7-9/h1-5,7H,6H2,(H,16,17). The van der Waals surface area contributed by atoms with Gasteiger partial charge in [0.2, 0.25) is 0 Å². The van der Waals surface area contributed by atoms with E-state index in [-0.39, 0.29) is 6.42 Å². The predicted octanol–water partition coefficient (Wildman–Crippen LogP) is 2.42. The summed E-state index contributed by atoms with van der Waals surface area (Å²) in [6.45, 7) is 0. The zero-order valence-electron chi connectivity index (χ0n) is 8.80. The van der Waals surface area contributed by atoms with Crippen LogP contribution in [0, 0.1) is 0 Å². The van der Waals surface area contributed by atoms with Gasteiger partial charge in [-0.15, -0.1) is 0 Å². The van der Waals surface area contributed by atoms with E-state index in [4.69, 9.17) is 16.7 Å². The van der Waals surface area contributed by atoms with Crippen molar-refractivity contribution in [3.63, 3.8) is 0 Å². The van der Waals surface area contributed by atoms with Gasteiger partial charge in [-0.1, -0.05) is 11.6 Å². The molecule has 2 aromatic rings. The number of hydrogen-bond donors (Lipinski definition) is 1. The fraction of sp³-hybridized carbons (Fsp3) is 0.0833. The Labute approximate surface area is 103 Å². The number of carbonyl (C=O) groups is 1. The van der Waals surface area contributed by atoms with E-state index in [0.717, 1.165) is 5.56 Å². The van der Waals surface area contributed by atoms with Crippen LogP contribution in [0.25, 0.3) is 11.3 Å². The van der Waals surface area contributed by atoms with Gasteiger partial charge in [-0.2, -0.15) is 0 Å². The van der Waals surface area contributed by atoms with Crippen molar-refractivity contribution in [3.8, 4) is 11.3 Å². The normalized spacial score (nSPS) is 10.2. The first kappa shape index (κ1) is 11.5. The number of rotatable bonds is 3. The van der Waals surface area contributed by atoms with E-state index >= 15 is 0 Å². The van der Waals surface area contributed by atoms with Crippen molar-refractivity contribution in [3.05, 3.63) is 47.4 Å². The van der Waals surface area contributed by atoms with Crippen LogP contribution < -0.4 is 0 Å². The second-order valence-electron chi connectivity index (χ2n) is 3.44. The average Bonchev–Trinajstić information content (AvgIpc) is 2.32. The van der Waals surface area contributed by atoms with Crippen LogP contribution >= 0.6 is 11.6 Å². The molecular formula is C12H9ClN2O2. The number of hydrogen-bond acceptors (Lipinski definition) is 3. The van der Waals surface area contributed by atoms with Crippen molar-refractivity contribution in [2.45, 2.75) is 6.42 Å². The van der Waals surface area contributed by atoms with E-state index in [1.54, 1.807) is 30.7 Å². The molecule has 4 nitrogen and oxygen atoms in total. The largest absolute Gasteiger partial charge is 0.481 e. The smallest absolute Gasteiger partial charge is 0.307 e. The highest BCUT2D eigenvalue weighted by Gasteiger charge is 2.11. The number of carboxylic acid groups (broad SMARTS) is 1. The second kappa shape index (κ2) is 4.93. The maximum atomic E-state index is 10.7. The van der Waals surface area contributed by atoms with Crippen LogP contribution in [0.2, 0.25) is 5.02 Å². The first-order valence-electron chi connectivity index (χ1n) is 4.94. The summed E-state index contributed by atoms with van der Waals surface area (Å²) in [5.41, 5.74) is 1.87. The summed E-state index contributed by atoms with van der Waals surface area (Å²) in [6.07, 6.45) is 4.72. The number of aliphatic carboxylic acids is 1. The minimum absolute atomic E-state index is 0.116. The minimum atomic E-state index is -0.921. The summed E-state index contributed by atoms with van der Waals surface area (Å²) >= 11 is 6.13. The number of pyridine rings is 2. The molecule has 0 bridgehead atoms. The maximum Gasteiger partial charge on any atom is 0.307 e. The maximum absolute atomic E-state index is 10.7. The molecule has 0 aromatic carbocycles. The van der Waals surface area contributed by atoms with E-state index in [0.29, 0.717) is 16.3 Å². The van der Waals surface area contributed by atoms with Gasteiger partial charge in [-0.05, 0) is 23.8 Å². The molecule has 0 aliphatic carbocycles. The summed E-state index contributed by atoms with van der Waals surface area (Å²) in [7, 11) is 0. The van der Waals surface area contributed by atoms with E-state index in [2.05, 4.69) is 9.97 Å². The molecule has 0 radical (unpaired) electrons. The third-order valence-electron chi connectivity index (χ3n) is 2.25. The molecule has 1 N–H and O–H groups in total. The van der Waals surface area contributed by atoms with Gasteiger partial charge in [0.05, 0.1) is 17.1 Å². The molecule has 0 unspecified atom stereocenters. The molecule has 0 spiro atoms. The van der Waals surface area contributed by atoms with Crippen molar-refractivity contribution in [2.24, 2.45) is 0 Å². The van der Waals surface area contributed by atoms with Gasteiger partial charge in [-0.25, -0.2) is 0 Å². The highest BCUT2D eigenvalue weighted by molar-refractivity contribution is 6.33. The van der Waals surface area contributed by atoms with Crippen molar-refractivity contribution in [1.29, 1.82) is 0 Å². The Balaban J connectivity index is 2.46. The minimum Gasteiger partial charge on any atom is -0.481 e. The molecule has 2 heterocycles. The Morgan fingerprint density at radius 2 is 2.18 bits per heavy atom. The monoisotopic (exact) mass is 248 g/mol. The SMILES string of the molecule is O=C(O)Cc1ccnc(-c2cccnc2)c1Cl. The third kappa shape index (κ3) is 2.60. The van der Waals surface area contributed by atoms with Crippen LogP contribution in [-0.4, -0.2) is 21.0 Å². The van der Waals surface area contributed by atoms with Gasteiger partial charge in [0.1, 0.15) is 0 Å². The second-order valence-corrected chi connectivity index (χ2v) is 3.82. The average molecular weight is 249 g/mol. The van der Waals surface area contributed by atoms with Crippen molar-refractivity contribution >= 4 is 17.6 Å². The molecule has 5 heteroatoms. The molecule has 17 heavy (non-hydrogen) atoms. The molecule has 2 rings (SSSR count). The Bertz CT molecular complexity index is 543. The number of halogens is 1. The quantitative estimate of drug-likeness (QED) is 0.906. The third-order valence-corrected chi connectivity index (χ3v) is 2.67. The van der Waals surface area contributed by atoms with E-state index in [9.17, 15) is 4.79 Å². The van der Waals surface area contributed by atoms with Gasteiger partial charge in [-0.3, -0.25) is 14.8 Å². The van der Waals surface area contributed by atoms with Crippen LogP contribution in [0.4, 0.5) is 0 Å². The lowest BCUT2D eigenvalue weighted by Crippen LogP contribution is -2.02. The molecular weight excluding hydrogens is 240 g/mol. The van der Waals surface area contributed by atoms with Crippen LogP contribution in [0.1, 0.15) is 5.56 Å². The van der Waals surface area contributed by atoms with Gasteiger partial charge in [0.25, 0.3) is 0 Å². The molecule has 0 saturated heterocycles. The van der Waals surface area contributed by atoms with Crippen LogP contribution in [0.5, 0.6) is 0 Å². The molecule has 0 amide bonds. The lowest BCUT2D eigenvalue weighted by Gasteiger charge is -2.06. The number of aromatic nitrogens is 2. The topological polar surface area (TPSA) is 63.1 Å². The Hall–Kier alpha value is -1.94. The summed E-state index contributed by atoms with van der Waals surface area (Å²) in [4.78, 5) is 18.8. The summed E-state index contributed by atoms with van der Waals surface area (Å²) in [5.74, 6) is -0.921. The van der Waals surface area contributed by atoms with Crippen LogP contribution in [0.3, 0.4) is 0 Å². The zero-order chi connectivity index (χ0) is 12.3. The first-order chi connectivity index (χ1) is 8.18. The summed E-state index contributed by atoms with van der Waals surface area (Å²) < 4.78 is 0. The van der Waals surface area contributed by atoms with Crippen LogP contribution in [-0.2, 0) is 11.2 Å². The van der Waals surface area contributed by atoms with E-state index in [1.807, 2.05) is 6.07 Å². The van der Waals surface area contributed by atoms with Crippen LogP contribution in [0.15, 0.2) is 36.8 Å². The number of nitrogens with zero attached hydrogens (tertiary/aromatic N) is 2. The lowest BCUT2D eigenvalue weighted by atomic mass is 10.1. The fourth-order valence-corrected chi connectivity index (χ4v) is 1.77. The predicted molar refractivity (Wildman–Crippen MR) is 63.8 cm³/mol. The molecule has 0 aliphatic heterocycles. The Morgan fingerprint density at radius 1 is 1.35 bits per heavy atom. The molecule has 0 saturated carbocycles. The highest BCUT2D eigenvalue weighted by atomic mass is 35.5. The molecule has 0 aliphatic rings. The first-order valence-corrected chi connectivity index (χ1v) is 5.32. The zero-order valence-corrected chi connectivity index (χ0v) is 9.55. The summed E-state index contributed by atoms with van der Waals surface area (Å²) in [5, 5.41) is 9.13. The molecule has 0 fully saturated rings. The van der Waals surface area contributed by atoms with E-state index < -0.39 is 5.97 Å². The Morgan fingerprint density at radius 3 is 2.82 bits per heavy atom. The molecule has 0 atom stereocenters. The number of carboxylic acids is 1. The van der Waals surface area contributed by atoms with Crippen molar-refractivity contribution < 1.29 is 9.90 Å².